The molecule has 1 heterocycles. The number of hydrogen-bond donors (Lipinski definition) is 0. The molecule has 1 aliphatic heterocycles. The number of nitrogens with zero attached hydrogens (tertiary/aromatic N) is 1. The molecule has 1 saturated heterocycles. The zero-order chi connectivity index (χ0) is 18.0. The number of carbonyl (C=O) groups excluding carboxylic acids is 1. The summed E-state index contributed by atoms with van der Waals surface area (Å²) in [5, 5.41) is 0.0436. The van der Waals surface area contributed by atoms with Crippen molar-refractivity contribution in [2.75, 3.05) is 4.90 Å². The van der Waals surface area contributed by atoms with Crippen LogP contribution in [-0.4, -0.2) is 16.0 Å². The predicted octanol–water partition coefficient (Wildman–Crippen LogP) is 5.39. The van der Waals surface area contributed by atoms with Crippen LogP contribution in [0.2, 0.25) is 0 Å². The van der Waals surface area contributed by atoms with Crippen LogP contribution >= 0.6 is 11.8 Å². The molecule has 2 fully saturated rings. The smallest absolute Gasteiger partial charge is 0.241 e. The molecule has 2 aliphatic rings. The molecular formula is C22H25NO2S. The summed E-state index contributed by atoms with van der Waals surface area (Å²) in [6, 6.07) is 18.2. The first-order valence-corrected chi connectivity index (χ1v) is 10.3. The summed E-state index contributed by atoms with van der Waals surface area (Å²) in [5.41, 5.74) is 2.15. The van der Waals surface area contributed by atoms with E-state index in [0.717, 1.165) is 29.8 Å². The van der Waals surface area contributed by atoms with Crippen molar-refractivity contribution in [3.63, 3.8) is 0 Å². The molecule has 136 valence electrons. The Bertz CT molecular complexity index is 753. The van der Waals surface area contributed by atoms with Gasteiger partial charge >= 0.3 is 0 Å². The molecule has 3 nitrogen and oxygen atoms in total. The maximum absolute atomic E-state index is 12.8. The highest BCUT2D eigenvalue weighted by Crippen LogP contribution is 2.51. The van der Waals surface area contributed by atoms with E-state index in [-0.39, 0.29) is 16.0 Å². The van der Waals surface area contributed by atoms with Gasteiger partial charge in [-0.2, -0.15) is 0 Å². The standard InChI is InChI=1S/C22H25NO2S/c1-17-21(24)23(22(26-17)14-6-3-7-15-22)19-10-12-20(13-11-19)25-16-18-8-4-2-5-9-18/h2,4-5,8-13,17H,3,6-7,14-16H2,1H3. The van der Waals surface area contributed by atoms with Gasteiger partial charge in [0.05, 0.1) is 10.1 Å². The summed E-state index contributed by atoms with van der Waals surface area (Å²) in [6.07, 6.45) is 5.90. The molecule has 1 aliphatic carbocycles. The van der Waals surface area contributed by atoms with Crippen molar-refractivity contribution in [3.8, 4) is 5.75 Å². The summed E-state index contributed by atoms with van der Waals surface area (Å²) in [4.78, 5) is 14.9. The lowest BCUT2D eigenvalue weighted by atomic mass is 9.93. The van der Waals surface area contributed by atoms with Crippen molar-refractivity contribution in [2.24, 2.45) is 0 Å². The van der Waals surface area contributed by atoms with Crippen molar-refractivity contribution in [2.45, 2.75) is 55.8 Å². The fraction of sp³-hybridized carbons (Fsp3) is 0.409. The highest BCUT2D eigenvalue weighted by molar-refractivity contribution is 8.02. The van der Waals surface area contributed by atoms with E-state index >= 15 is 0 Å². The number of carbonyl (C=O) groups is 1. The Morgan fingerprint density at radius 2 is 1.73 bits per heavy atom. The number of rotatable bonds is 4. The number of thioether (sulfide) groups is 1. The van der Waals surface area contributed by atoms with Crippen LogP contribution in [0.4, 0.5) is 5.69 Å². The fourth-order valence-corrected chi connectivity index (χ4v) is 5.74. The lowest BCUT2D eigenvalue weighted by Crippen LogP contribution is -2.46. The highest BCUT2D eigenvalue weighted by atomic mass is 32.2. The summed E-state index contributed by atoms with van der Waals surface area (Å²) >= 11 is 1.86. The molecule has 0 bridgehead atoms. The molecule has 0 radical (unpaired) electrons. The topological polar surface area (TPSA) is 29.5 Å². The fourth-order valence-electron chi connectivity index (χ4n) is 4.06. The Morgan fingerprint density at radius 1 is 1.04 bits per heavy atom. The Hall–Kier alpha value is -1.94. The van der Waals surface area contributed by atoms with Crippen molar-refractivity contribution >= 4 is 23.4 Å². The molecule has 1 unspecified atom stereocenters. The molecule has 1 atom stereocenters. The van der Waals surface area contributed by atoms with Crippen LogP contribution in [0.5, 0.6) is 5.75 Å². The Balaban J connectivity index is 1.51. The van der Waals surface area contributed by atoms with Crippen LogP contribution in [0, 0.1) is 0 Å². The van der Waals surface area contributed by atoms with Crippen LogP contribution in [0.3, 0.4) is 0 Å². The molecule has 4 heteroatoms. The number of benzene rings is 2. The minimum atomic E-state index is -0.0405. The first kappa shape index (κ1) is 17.5. The van der Waals surface area contributed by atoms with E-state index in [1.807, 2.05) is 61.2 Å². The molecule has 1 saturated carbocycles. The molecule has 2 aromatic rings. The van der Waals surface area contributed by atoms with Gasteiger partial charge in [0.1, 0.15) is 12.4 Å². The molecule has 1 spiro atoms. The Morgan fingerprint density at radius 3 is 2.42 bits per heavy atom. The van der Waals surface area contributed by atoms with Crippen LogP contribution in [0.25, 0.3) is 0 Å². The highest BCUT2D eigenvalue weighted by Gasteiger charge is 2.50. The van der Waals surface area contributed by atoms with Gasteiger partial charge in [-0.05, 0) is 49.6 Å². The van der Waals surface area contributed by atoms with E-state index in [4.69, 9.17) is 4.74 Å². The van der Waals surface area contributed by atoms with Gasteiger partial charge in [0, 0.05) is 5.69 Å². The lowest BCUT2D eigenvalue weighted by Gasteiger charge is -2.40. The number of anilines is 1. The van der Waals surface area contributed by atoms with Crippen LogP contribution in [-0.2, 0) is 11.4 Å². The molecule has 4 rings (SSSR count). The van der Waals surface area contributed by atoms with Gasteiger partial charge in [-0.1, -0.05) is 49.6 Å². The minimum Gasteiger partial charge on any atom is -0.489 e. The van der Waals surface area contributed by atoms with E-state index in [0.29, 0.717) is 6.61 Å². The third-order valence-electron chi connectivity index (χ3n) is 5.35. The van der Waals surface area contributed by atoms with Gasteiger partial charge < -0.3 is 4.74 Å². The summed E-state index contributed by atoms with van der Waals surface area (Å²) in [5.74, 6) is 1.08. The maximum atomic E-state index is 12.8. The number of amides is 1. The van der Waals surface area contributed by atoms with E-state index in [2.05, 4.69) is 17.0 Å². The van der Waals surface area contributed by atoms with Crippen LogP contribution < -0.4 is 9.64 Å². The van der Waals surface area contributed by atoms with E-state index in [1.54, 1.807) is 0 Å². The predicted molar refractivity (Wildman–Crippen MR) is 108 cm³/mol. The van der Waals surface area contributed by atoms with Gasteiger partial charge in [0.2, 0.25) is 5.91 Å². The average Bonchev–Trinajstić information content (AvgIpc) is 2.91. The molecule has 26 heavy (non-hydrogen) atoms. The van der Waals surface area contributed by atoms with Crippen molar-refractivity contribution in [1.29, 1.82) is 0 Å². The van der Waals surface area contributed by atoms with E-state index < -0.39 is 0 Å². The molecule has 1 amide bonds. The molecule has 2 aromatic carbocycles. The third-order valence-corrected chi connectivity index (χ3v) is 6.93. The van der Waals surface area contributed by atoms with Crippen LogP contribution in [0.1, 0.15) is 44.6 Å². The zero-order valence-electron chi connectivity index (χ0n) is 15.2. The Kier molecular flexibility index (Phi) is 4.94. The monoisotopic (exact) mass is 367 g/mol. The lowest BCUT2D eigenvalue weighted by molar-refractivity contribution is -0.117. The van der Waals surface area contributed by atoms with Crippen molar-refractivity contribution in [3.05, 3.63) is 60.2 Å². The van der Waals surface area contributed by atoms with Gasteiger partial charge in [-0.3, -0.25) is 9.69 Å². The normalized spacial score (nSPS) is 22.0. The number of hydrogen-bond acceptors (Lipinski definition) is 3. The van der Waals surface area contributed by atoms with Crippen LogP contribution in [0.15, 0.2) is 54.6 Å². The summed E-state index contributed by atoms with van der Waals surface area (Å²) < 4.78 is 5.89. The van der Waals surface area contributed by atoms with Gasteiger partial charge in [-0.15, -0.1) is 11.8 Å². The van der Waals surface area contributed by atoms with Crippen molar-refractivity contribution < 1.29 is 9.53 Å². The molecular weight excluding hydrogens is 342 g/mol. The van der Waals surface area contributed by atoms with Gasteiger partial charge in [0.25, 0.3) is 0 Å². The average molecular weight is 368 g/mol. The largest absolute Gasteiger partial charge is 0.489 e. The first-order chi connectivity index (χ1) is 12.7. The SMILES string of the molecule is CC1SC2(CCCCC2)N(c2ccc(OCc3ccccc3)cc2)C1=O. The van der Waals surface area contributed by atoms with Gasteiger partial charge in [0.15, 0.2) is 0 Å². The second-order valence-electron chi connectivity index (χ2n) is 7.21. The minimum absolute atomic E-state index is 0.0405. The molecule has 0 N–H and O–H groups in total. The zero-order valence-corrected chi connectivity index (χ0v) is 16.0. The number of ether oxygens (including phenoxy) is 1. The van der Waals surface area contributed by atoms with Gasteiger partial charge in [-0.25, -0.2) is 0 Å². The summed E-state index contributed by atoms with van der Waals surface area (Å²) in [6.45, 7) is 2.60. The first-order valence-electron chi connectivity index (χ1n) is 9.47. The quantitative estimate of drug-likeness (QED) is 0.725. The summed E-state index contributed by atoms with van der Waals surface area (Å²) in [7, 11) is 0. The maximum Gasteiger partial charge on any atom is 0.241 e. The van der Waals surface area contributed by atoms with E-state index in [9.17, 15) is 4.79 Å². The molecule has 0 aromatic heterocycles. The van der Waals surface area contributed by atoms with E-state index in [1.165, 1.54) is 19.3 Å². The van der Waals surface area contributed by atoms with Crippen molar-refractivity contribution in [1.82, 2.24) is 0 Å². The second kappa shape index (κ2) is 7.36. The Labute approximate surface area is 159 Å². The second-order valence-corrected chi connectivity index (χ2v) is 8.91. The third kappa shape index (κ3) is 3.35.